The lowest BCUT2D eigenvalue weighted by molar-refractivity contribution is 0.0938. The number of carbonyl (C=O) groups excluding carboxylic acids is 1. The van der Waals surface area contributed by atoms with Gasteiger partial charge >= 0.3 is 0 Å². The Labute approximate surface area is 231 Å². The monoisotopic (exact) mass is 546 g/mol. The Morgan fingerprint density at radius 1 is 1.16 bits per heavy atom. The number of carbonyl (C=O) groups is 1. The van der Waals surface area contributed by atoms with Crippen molar-refractivity contribution in [1.29, 1.82) is 0 Å². The van der Waals surface area contributed by atoms with Crippen molar-refractivity contribution in [2.24, 2.45) is 0 Å². The molecule has 0 bridgehead atoms. The maximum Gasteiger partial charge on any atom is 0.265 e. The van der Waals surface area contributed by atoms with Crippen molar-refractivity contribution in [3.63, 3.8) is 0 Å². The van der Waals surface area contributed by atoms with Crippen LogP contribution >= 0.6 is 22.9 Å². The van der Waals surface area contributed by atoms with Crippen LogP contribution in [-0.4, -0.2) is 34.6 Å². The molecule has 2 aromatic carbocycles. The first-order valence-corrected chi connectivity index (χ1v) is 14.3. The van der Waals surface area contributed by atoms with E-state index in [0.29, 0.717) is 26.9 Å². The highest BCUT2D eigenvalue weighted by molar-refractivity contribution is 7.13. The molecule has 8 heteroatoms. The topological polar surface area (TPSA) is 76.0 Å². The van der Waals surface area contributed by atoms with E-state index in [1.165, 1.54) is 11.3 Å². The van der Waals surface area contributed by atoms with Crippen LogP contribution in [-0.2, 0) is 12.8 Å². The van der Waals surface area contributed by atoms with Crippen LogP contribution in [0.1, 0.15) is 47.4 Å². The molecule has 6 nitrogen and oxygen atoms in total. The SMILES string of the molecule is CCc1cccc(CC)c1-n1c(C)c(C(=O)NC2CCNC2)cc(-c2nc(-c3ccc(Cl)cc3)cs2)c1=O. The van der Waals surface area contributed by atoms with Gasteiger partial charge in [-0.3, -0.25) is 14.2 Å². The van der Waals surface area contributed by atoms with Crippen LogP contribution in [0.4, 0.5) is 0 Å². The van der Waals surface area contributed by atoms with E-state index in [0.717, 1.165) is 60.4 Å². The van der Waals surface area contributed by atoms with Crippen LogP contribution in [0.2, 0.25) is 5.02 Å². The van der Waals surface area contributed by atoms with E-state index in [2.05, 4.69) is 36.6 Å². The van der Waals surface area contributed by atoms with Gasteiger partial charge in [0.15, 0.2) is 0 Å². The van der Waals surface area contributed by atoms with Crippen molar-refractivity contribution in [2.45, 2.75) is 46.1 Å². The minimum atomic E-state index is -0.173. The van der Waals surface area contributed by atoms with Crippen molar-refractivity contribution >= 4 is 28.8 Å². The molecule has 1 atom stereocenters. The number of pyridine rings is 1. The molecule has 1 fully saturated rings. The second-order valence-corrected chi connectivity index (χ2v) is 10.8. The summed E-state index contributed by atoms with van der Waals surface area (Å²) in [6, 6.07) is 15.4. The molecule has 2 aromatic heterocycles. The molecule has 196 valence electrons. The quantitative estimate of drug-likeness (QED) is 0.307. The second kappa shape index (κ2) is 11.2. The maximum absolute atomic E-state index is 14.2. The fourth-order valence-corrected chi connectivity index (χ4v) is 6.01. The van der Waals surface area contributed by atoms with Gasteiger partial charge in [0, 0.05) is 34.2 Å². The van der Waals surface area contributed by atoms with E-state index in [9.17, 15) is 9.59 Å². The molecular weight excluding hydrogens is 516 g/mol. The van der Waals surface area contributed by atoms with E-state index in [1.54, 1.807) is 10.6 Å². The fraction of sp³-hybridized carbons (Fsp3) is 0.300. The molecule has 1 amide bonds. The predicted octanol–water partition coefficient (Wildman–Crippen LogP) is 5.81. The standard InChI is InChI=1S/C30H31ClN4O2S/c1-4-19-7-6-8-20(5-2)27(19)35-18(3)24(28(36)33-23-13-14-32-16-23)15-25(30(35)37)29-34-26(17-38-29)21-9-11-22(31)12-10-21/h6-12,15,17,23,32H,4-5,13-14,16H2,1-3H3,(H,33,36). The van der Waals surface area contributed by atoms with E-state index < -0.39 is 0 Å². The third-order valence-corrected chi connectivity index (χ3v) is 8.28. The second-order valence-electron chi connectivity index (χ2n) is 9.54. The van der Waals surface area contributed by atoms with Crippen LogP contribution in [0.3, 0.4) is 0 Å². The molecule has 1 saturated heterocycles. The molecule has 2 N–H and O–H groups in total. The lowest BCUT2D eigenvalue weighted by Crippen LogP contribution is -2.38. The zero-order chi connectivity index (χ0) is 26.8. The summed E-state index contributed by atoms with van der Waals surface area (Å²) in [6.07, 6.45) is 2.42. The molecule has 3 heterocycles. The van der Waals surface area contributed by atoms with Crippen LogP contribution in [0.15, 0.2) is 58.7 Å². The van der Waals surface area contributed by atoms with Crippen molar-refractivity contribution in [3.05, 3.63) is 91.7 Å². The number of amides is 1. The van der Waals surface area contributed by atoms with Crippen molar-refractivity contribution in [3.8, 4) is 27.5 Å². The highest BCUT2D eigenvalue weighted by Crippen LogP contribution is 2.31. The van der Waals surface area contributed by atoms with E-state index in [4.69, 9.17) is 16.6 Å². The fourth-order valence-electron chi connectivity index (χ4n) is 5.05. The molecule has 0 saturated carbocycles. The van der Waals surface area contributed by atoms with Crippen LogP contribution in [0, 0.1) is 6.92 Å². The highest BCUT2D eigenvalue weighted by Gasteiger charge is 2.25. The molecule has 38 heavy (non-hydrogen) atoms. The number of para-hydroxylation sites is 1. The van der Waals surface area contributed by atoms with Gasteiger partial charge in [0.2, 0.25) is 0 Å². The summed E-state index contributed by atoms with van der Waals surface area (Å²) in [5.74, 6) is -0.173. The molecule has 1 aliphatic heterocycles. The Morgan fingerprint density at radius 3 is 2.50 bits per heavy atom. The Balaban J connectivity index is 1.71. The van der Waals surface area contributed by atoms with E-state index >= 15 is 0 Å². The lowest BCUT2D eigenvalue weighted by Gasteiger charge is -2.21. The predicted molar refractivity (Wildman–Crippen MR) is 156 cm³/mol. The summed E-state index contributed by atoms with van der Waals surface area (Å²) >= 11 is 7.46. The number of aryl methyl sites for hydroxylation is 2. The van der Waals surface area contributed by atoms with Gasteiger partial charge < -0.3 is 10.6 Å². The summed E-state index contributed by atoms with van der Waals surface area (Å²) < 4.78 is 1.73. The number of nitrogens with zero attached hydrogens (tertiary/aromatic N) is 2. The van der Waals surface area contributed by atoms with Gasteiger partial charge in [-0.15, -0.1) is 11.3 Å². The first-order valence-electron chi connectivity index (χ1n) is 13.0. The van der Waals surface area contributed by atoms with Crippen LogP contribution in [0.5, 0.6) is 0 Å². The third-order valence-electron chi connectivity index (χ3n) is 7.15. The summed E-state index contributed by atoms with van der Waals surface area (Å²) in [7, 11) is 0. The van der Waals surface area contributed by atoms with Gasteiger partial charge in [-0.1, -0.05) is 55.8 Å². The largest absolute Gasteiger partial charge is 0.348 e. The maximum atomic E-state index is 14.2. The minimum Gasteiger partial charge on any atom is -0.348 e. The van der Waals surface area contributed by atoms with Crippen LogP contribution in [0.25, 0.3) is 27.5 Å². The van der Waals surface area contributed by atoms with Gasteiger partial charge in [0.25, 0.3) is 11.5 Å². The molecule has 0 spiro atoms. The summed E-state index contributed by atoms with van der Waals surface area (Å²) in [5.41, 5.74) is 6.05. The number of hydrogen-bond donors (Lipinski definition) is 2. The van der Waals surface area contributed by atoms with Gasteiger partial charge in [-0.2, -0.15) is 0 Å². The zero-order valence-corrected chi connectivity index (χ0v) is 23.4. The Bertz CT molecular complexity index is 1510. The summed E-state index contributed by atoms with van der Waals surface area (Å²) in [5, 5.41) is 9.62. The van der Waals surface area contributed by atoms with E-state index in [-0.39, 0.29) is 17.5 Å². The van der Waals surface area contributed by atoms with Gasteiger partial charge in [0.05, 0.1) is 22.5 Å². The number of nitrogens with one attached hydrogen (secondary N) is 2. The molecule has 0 radical (unpaired) electrons. The average molecular weight is 547 g/mol. The summed E-state index contributed by atoms with van der Waals surface area (Å²) in [6.45, 7) is 7.66. The summed E-state index contributed by atoms with van der Waals surface area (Å²) in [4.78, 5) is 32.6. The number of rotatable bonds is 7. The molecule has 1 aliphatic rings. The molecule has 0 aliphatic carbocycles. The molecule has 4 aromatic rings. The number of hydrogen-bond acceptors (Lipinski definition) is 5. The van der Waals surface area contributed by atoms with Crippen molar-refractivity contribution in [2.75, 3.05) is 13.1 Å². The Morgan fingerprint density at radius 2 is 1.87 bits per heavy atom. The van der Waals surface area contributed by atoms with Crippen molar-refractivity contribution in [1.82, 2.24) is 20.2 Å². The Kier molecular flexibility index (Phi) is 7.79. The lowest BCUT2D eigenvalue weighted by atomic mass is 10.0. The zero-order valence-electron chi connectivity index (χ0n) is 21.8. The first-order chi connectivity index (χ1) is 18.4. The van der Waals surface area contributed by atoms with Crippen LogP contribution < -0.4 is 16.2 Å². The molecule has 1 unspecified atom stereocenters. The Hall–Kier alpha value is -3.26. The molecular formula is C30H31ClN4O2S. The third kappa shape index (κ3) is 5.06. The normalized spacial score (nSPS) is 15.1. The minimum absolute atomic E-state index is 0.0660. The number of halogens is 1. The number of aromatic nitrogens is 2. The smallest absolute Gasteiger partial charge is 0.265 e. The highest BCUT2D eigenvalue weighted by atomic mass is 35.5. The van der Waals surface area contributed by atoms with Crippen molar-refractivity contribution < 1.29 is 4.79 Å². The molecule has 5 rings (SSSR count). The van der Waals surface area contributed by atoms with Gasteiger partial charge in [-0.25, -0.2) is 4.98 Å². The first kappa shape index (κ1) is 26.4. The average Bonchev–Trinajstić information content (AvgIpc) is 3.62. The van der Waals surface area contributed by atoms with Gasteiger partial charge in [-0.05, 0) is 62.1 Å². The van der Waals surface area contributed by atoms with Gasteiger partial charge in [0.1, 0.15) is 5.01 Å². The number of benzene rings is 2. The number of thiazole rings is 1. The van der Waals surface area contributed by atoms with E-state index in [1.807, 2.05) is 42.6 Å².